The molecule has 3 atom stereocenters. The number of fused-ring (bicyclic) bond motifs is 1. The number of likely N-dealkylation sites (tertiary alicyclic amines) is 1. The van der Waals surface area contributed by atoms with Crippen LogP contribution in [0.4, 0.5) is 8.78 Å². The number of pyridine rings is 1. The van der Waals surface area contributed by atoms with Crippen molar-refractivity contribution in [2.24, 2.45) is 17.6 Å². The average Bonchev–Trinajstić information content (AvgIpc) is 3.26. The van der Waals surface area contributed by atoms with Gasteiger partial charge in [0, 0.05) is 67.1 Å². The highest BCUT2D eigenvalue weighted by Gasteiger charge is 2.59. The van der Waals surface area contributed by atoms with Crippen molar-refractivity contribution in [3.8, 4) is 23.1 Å². The van der Waals surface area contributed by atoms with Crippen LogP contribution in [0.25, 0.3) is 17.2 Å². The van der Waals surface area contributed by atoms with Crippen LogP contribution in [0.15, 0.2) is 61.1 Å². The molecule has 11 heteroatoms. The van der Waals surface area contributed by atoms with E-state index in [0.29, 0.717) is 41.9 Å². The number of carbonyl (C=O) groups is 1. The second-order valence-electron chi connectivity index (χ2n) is 10.9. The molecule has 1 saturated heterocycles. The number of halogens is 2. The van der Waals surface area contributed by atoms with Gasteiger partial charge in [0.1, 0.15) is 11.9 Å². The molecule has 9 nitrogen and oxygen atoms in total. The van der Waals surface area contributed by atoms with Crippen LogP contribution in [0.1, 0.15) is 35.5 Å². The summed E-state index contributed by atoms with van der Waals surface area (Å²) in [5.41, 5.74) is 8.74. The first-order valence-corrected chi connectivity index (χ1v) is 13.2. The van der Waals surface area contributed by atoms with E-state index in [2.05, 4.69) is 20.1 Å². The van der Waals surface area contributed by atoms with Gasteiger partial charge >= 0.3 is 0 Å². The number of aryl methyl sites for hydroxylation is 1. The number of ether oxygens (including phenoxy) is 1. The second-order valence-corrected chi connectivity index (χ2v) is 10.9. The minimum absolute atomic E-state index is 0.0310. The molecule has 2 fully saturated rings. The second kappa shape index (κ2) is 10.1. The maximum Gasteiger partial charge on any atom is 0.257 e. The molecule has 1 saturated carbocycles. The van der Waals surface area contributed by atoms with E-state index in [9.17, 15) is 13.6 Å². The zero-order chi connectivity index (χ0) is 28.0. The molecular weight excluding hydrogens is 516 g/mol. The number of amides is 1. The number of benzene rings is 1. The van der Waals surface area contributed by atoms with E-state index in [1.165, 1.54) is 16.8 Å². The van der Waals surface area contributed by atoms with Crippen molar-refractivity contribution in [3.63, 3.8) is 0 Å². The highest BCUT2D eigenvalue weighted by Crippen LogP contribution is 2.48. The number of piperidine rings is 1. The van der Waals surface area contributed by atoms with Crippen LogP contribution in [-0.2, 0) is 12.0 Å². The Morgan fingerprint density at radius 3 is 2.48 bits per heavy atom. The molecule has 1 aliphatic heterocycles. The van der Waals surface area contributed by atoms with Crippen molar-refractivity contribution in [2.75, 3.05) is 19.8 Å². The summed E-state index contributed by atoms with van der Waals surface area (Å²) >= 11 is 0. The molecule has 1 aliphatic carbocycles. The number of rotatable bonds is 8. The van der Waals surface area contributed by atoms with E-state index in [1.807, 2.05) is 26.0 Å². The molecule has 0 spiro atoms. The summed E-state index contributed by atoms with van der Waals surface area (Å²) < 4.78 is 34.4. The normalized spacial score (nSPS) is 19.9. The quantitative estimate of drug-likeness (QED) is 0.359. The standard InChI is InChI=1S/C29H29F2N7O2/c1-29(2,32)18-12-24(17-4-6-19(31)7-5-17)35-25(13-18)40-26-20-14-37(15-21(20)26)27(39)22-16-38(36-23(22)8-9-30)28-33-10-3-11-34-28/h3-7,10-13,16,20-21,26H,8-9,14-15,32H2,1-2H3/t20-,21+,26?. The van der Waals surface area contributed by atoms with Gasteiger partial charge in [-0.3, -0.25) is 9.18 Å². The summed E-state index contributed by atoms with van der Waals surface area (Å²) in [7, 11) is 0. The number of carbonyl (C=O) groups excluding carboxylic acids is 1. The fourth-order valence-corrected chi connectivity index (χ4v) is 5.20. The Bertz CT molecular complexity index is 1520. The summed E-state index contributed by atoms with van der Waals surface area (Å²) in [4.78, 5) is 28.2. The van der Waals surface area contributed by atoms with Crippen molar-refractivity contribution in [1.82, 2.24) is 29.6 Å². The smallest absolute Gasteiger partial charge is 0.257 e. The highest BCUT2D eigenvalue weighted by molar-refractivity contribution is 5.95. The van der Waals surface area contributed by atoms with Crippen molar-refractivity contribution in [1.29, 1.82) is 0 Å². The predicted octanol–water partition coefficient (Wildman–Crippen LogP) is 3.72. The molecule has 1 unspecified atom stereocenters. The lowest BCUT2D eigenvalue weighted by atomic mass is 9.95. The molecule has 206 valence electrons. The van der Waals surface area contributed by atoms with E-state index in [0.717, 1.165) is 11.1 Å². The van der Waals surface area contributed by atoms with Crippen LogP contribution in [0, 0.1) is 17.7 Å². The molecule has 0 bridgehead atoms. The molecule has 6 rings (SSSR count). The molecular formula is C29H29F2N7O2. The van der Waals surface area contributed by atoms with Gasteiger partial charge < -0.3 is 15.4 Å². The Hall–Kier alpha value is -4.25. The van der Waals surface area contributed by atoms with Gasteiger partial charge in [0.2, 0.25) is 11.8 Å². The number of alkyl halides is 1. The zero-order valence-corrected chi connectivity index (χ0v) is 22.2. The fraction of sp³-hybridized carbons (Fsp3) is 0.345. The lowest BCUT2D eigenvalue weighted by Crippen LogP contribution is -2.33. The summed E-state index contributed by atoms with van der Waals surface area (Å²) in [6, 6.07) is 11.6. The Morgan fingerprint density at radius 2 is 1.82 bits per heavy atom. The van der Waals surface area contributed by atoms with Crippen LogP contribution in [-0.4, -0.2) is 61.4 Å². The largest absolute Gasteiger partial charge is 0.474 e. The summed E-state index contributed by atoms with van der Waals surface area (Å²) in [6.07, 6.45) is 4.68. The highest BCUT2D eigenvalue weighted by atomic mass is 19.1. The SMILES string of the molecule is CC(C)(N)c1cc(OC2[C@H]3CN(C(=O)c4cn(-c5ncccn5)nc4CCF)C[C@@H]23)nc(-c2ccc(F)cc2)c1. The van der Waals surface area contributed by atoms with Crippen LogP contribution in [0.5, 0.6) is 5.88 Å². The number of aromatic nitrogens is 5. The summed E-state index contributed by atoms with van der Waals surface area (Å²) in [5, 5.41) is 4.37. The lowest BCUT2D eigenvalue weighted by molar-refractivity contribution is 0.0750. The third kappa shape index (κ3) is 5.04. The Balaban J connectivity index is 1.17. The fourth-order valence-electron chi connectivity index (χ4n) is 5.20. The topological polar surface area (TPSA) is 112 Å². The summed E-state index contributed by atoms with van der Waals surface area (Å²) in [6.45, 7) is 4.21. The average molecular weight is 546 g/mol. The van der Waals surface area contributed by atoms with Gasteiger partial charge in [-0.15, -0.1) is 0 Å². The summed E-state index contributed by atoms with van der Waals surface area (Å²) in [5.74, 6) is 0.563. The molecule has 40 heavy (non-hydrogen) atoms. The molecule has 2 N–H and O–H groups in total. The van der Waals surface area contributed by atoms with Crippen LogP contribution in [0.2, 0.25) is 0 Å². The van der Waals surface area contributed by atoms with Crippen LogP contribution in [0.3, 0.4) is 0 Å². The van der Waals surface area contributed by atoms with Gasteiger partial charge in [0.15, 0.2) is 0 Å². The van der Waals surface area contributed by atoms with Gasteiger partial charge in [-0.25, -0.2) is 24.0 Å². The number of hydrogen-bond acceptors (Lipinski definition) is 7. The first-order chi connectivity index (χ1) is 19.2. The maximum atomic E-state index is 13.5. The monoisotopic (exact) mass is 545 g/mol. The minimum Gasteiger partial charge on any atom is -0.474 e. The molecule has 2 aliphatic rings. The van der Waals surface area contributed by atoms with Gasteiger partial charge in [0.05, 0.1) is 23.6 Å². The molecule has 0 radical (unpaired) electrons. The number of nitrogens with zero attached hydrogens (tertiary/aromatic N) is 6. The van der Waals surface area contributed by atoms with E-state index in [4.69, 9.17) is 10.5 Å². The van der Waals surface area contributed by atoms with Gasteiger partial charge in [-0.2, -0.15) is 5.10 Å². The van der Waals surface area contributed by atoms with E-state index < -0.39 is 12.2 Å². The first-order valence-electron chi connectivity index (χ1n) is 13.2. The van der Waals surface area contributed by atoms with Crippen molar-refractivity contribution in [2.45, 2.75) is 31.9 Å². The molecule has 3 aromatic heterocycles. The van der Waals surface area contributed by atoms with Crippen LogP contribution < -0.4 is 10.5 Å². The van der Waals surface area contributed by atoms with Gasteiger partial charge in [0.25, 0.3) is 5.91 Å². The third-order valence-electron chi connectivity index (χ3n) is 7.45. The van der Waals surface area contributed by atoms with Crippen molar-refractivity contribution in [3.05, 3.63) is 83.7 Å². The maximum absolute atomic E-state index is 13.5. The zero-order valence-electron chi connectivity index (χ0n) is 22.2. The molecule has 1 amide bonds. The van der Waals surface area contributed by atoms with E-state index >= 15 is 0 Å². The Morgan fingerprint density at radius 1 is 1.12 bits per heavy atom. The van der Waals surface area contributed by atoms with E-state index in [1.54, 1.807) is 41.7 Å². The van der Waals surface area contributed by atoms with Gasteiger partial charge in [-0.1, -0.05) is 0 Å². The Labute approximate surface area is 230 Å². The predicted molar refractivity (Wildman–Crippen MR) is 143 cm³/mol. The number of nitrogens with two attached hydrogens (primary N) is 1. The Kier molecular flexibility index (Phi) is 6.53. The first kappa shape index (κ1) is 26.0. The molecule has 4 heterocycles. The van der Waals surface area contributed by atoms with Crippen LogP contribution >= 0.6 is 0 Å². The van der Waals surface area contributed by atoms with Gasteiger partial charge in [-0.05, 0) is 55.8 Å². The lowest BCUT2D eigenvalue weighted by Gasteiger charge is -2.22. The minimum atomic E-state index is -0.634. The number of hydrogen-bond donors (Lipinski definition) is 1. The van der Waals surface area contributed by atoms with Crippen molar-refractivity contribution >= 4 is 5.91 Å². The molecule has 1 aromatic carbocycles. The molecule has 4 aromatic rings. The third-order valence-corrected chi connectivity index (χ3v) is 7.45. The van der Waals surface area contributed by atoms with Crippen molar-refractivity contribution < 1.29 is 18.3 Å². The van der Waals surface area contributed by atoms with E-state index in [-0.39, 0.29) is 36.1 Å².